The molecule has 1 saturated heterocycles. The SMILES string of the molecule is C=CC(=O)OC1CC2CC1C1C3CC(C4OC34)C21. The first-order chi connectivity index (χ1) is 8.78. The molecule has 0 amide bonds. The molecule has 0 N–H and O–H groups in total. The second kappa shape index (κ2) is 3.01. The Kier molecular flexibility index (Phi) is 1.67. The Labute approximate surface area is 107 Å². The molecule has 9 unspecified atom stereocenters. The maximum atomic E-state index is 11.4. The molecule has 9 atom stereocenters. The van der Waals surface area contributed by atoms with Gasteiger partial charge in [0.1, 0.15) is 6.10 Å². The van der Waals surface area contributed by atoms with Crippen molar-refractivity contribution in [3.8, 4) is 0 Å². The summed E-state index contributed by atoms with van der Waals surface area (Å²) in [5.74, 6) is 4.48. The van der Waals surface area contributed by atoms with E-state index in [1.165, 1.54) is 18.9 Å². The molecule has 5 fully saturated rings. The summed E-state index contributed by atoms with van der Waals surface area (Å²) in [7, 11) is 0. The monoisotopic (exact) mass is 246 g/mol. The molecule has 4 saturated carbocycles. The van der Waals surface area contributed by atoms with Gasteiger partial charge in [-0.2, -0.15) is 0 Å². The lowest BCUT2D eigenvalue weighted by Gasteiger charge is -2.36. The Morgan fingerprint density at radius 2 is 1.89 bits per heavy atom. The molecule has 3 nitrogen and oxygen atoms in total. The van der Waals surface area contributed by atoms with Crippen molar-refractivity contribution in [2.45, 2.75) is 37.6 Å². The van der Waals surface area contributed by atoms with Gasteiger partial charge < -0.3 is 9.47 Å². The fraction of sp³-hybridized carbons (Fsp3) is 0.800. The number of ether oxygens (including phenoxy) is 2. The zero-order valence-corrected chi connectivity index (χ0v) is 10.3. The molecule has 0 aromatic rings. The highest BCUT2D eigenvalue weighted by molar-refractivity contribution is 5.81. The topological polar surface area (TPSA) is 38.8 Å². The van der Waals surface area contributed by atoms with Crippen molar-refractivity contribution >= 4 is 5.97 Å². The molecular weight excluding hydrogens is 228 g/mol. The van der Waals surface area contributed by atoms with Gasteiger partial charge in [-0.05, 0) is 54.8 Å². The Balaban J connectivity index is 1.42. The summed E-state index contributed by atoms with van der Waals surface area (Å²) in [6, 6.07) is 0. The predicted molar refractivity (Wildman–Crippen MR) is 63.5 cm³/mol. The summed E-state index contributed by atoms with van der Waals surface area (Å²) in [6.45, 7) is 3.49. The fourth-order valence-electron chi connectivity index (χ4n) is 6.12. The smallest absolute Gasteiger partial charge is 0.330 e. The van der Waals surface area contributed by atoms with Crippen LogP contribution >= 0.6 is 0 Å². The zero-order valence-electron chi connectivity index (χ0n) is 10.3. The van der Waals surface area contributed by atoms with Crippen molar-refractivity contribution in [3.63, 3.8) is 0 Å². The molecule has 0 aromatic heterocycles. The van der Waals surface area contributed by atoms with Gasteiger partial charge in [-0.25, -0.2) is 4.79 Å². The van der Waals surface area contributed by atoms with E-state index in [0.29, 0.717) is 18.1 Å². The largest absolute Gasteiger partial charge is 0.459 e. The Bertz CT molecular complexity index is 445. The van der Waals surface area contributed by atoms with Gasteiger partial charge in [0.2, 0.25) is 0 Å². The van der Waals surface area contributed by atoms with Crippen LogP contribution in [0.3, 0.4) is 0 Å². The highest BCUT2D eigenvalue weighted by Crippen LogP contribution is 2.72. The van der Waals surface area contributed by atoms with Crippen LogP contribution in [0.2, 0.25) is 0 Å². The molecule has 5 rings (SSSR count). The lowest BCUT2D eigenvalue weighted by atomic mass is 9.70. The second-order valence-electron chi connectivity index (χ2n) is 6.86. The van der Waals surface area contributed by atoms with Crippen LogP contribution in [0.4, 0.5) is 0 Å². The van der Waals surface area contributed by atoms with E-state index in [2.05, 4.69) is 6.58 Å². The lowest BCUT2D eigenvalue weighted by molar-refractivity contribution is -0.147. The maximum Gasteiger partial charge on any atom is 0.330 e. The van der Waals surface area contributed by atoms with Crippen molar-refractivity contribution in [1.82, 2.24) is 0 Å². The van der Waals surface area contributed by atoms with Gasteiger partial charge in [0.25, 0.3) is 0 Å². The summed E-state index contributed by atoms with van der Waals surface area (Å²) in [5.41, 5.74) is 0. The van der Waals surface area contributed by atoms with Crippen LogP contribution in [-0.4, -0.2) is 24.3 Å². The van der Waals surface area contributed by atoms with E-state index >= 15 is 0 Å². The van der Waals surface area contributed by atoms with E-state index in [4.69, 9.17) is 9.47 Å². The predicted octanol–water partition coefficient (Wildman–Crippen LogP) is 1.77. The Morgan fingerprint density at radius 1 is 1.11 bits per heavy atom. The second-order valence-corrected chi connectivity index (χ2v) is 6.86. The van der Waals surface area contributed by atoms with E-state index in [-0.39, 0.29) is 12.1 Å². The number of carbonyl (C=O) groups is 1. The number of carbonyl (C=O) groups excluding carboxylic acids is 1. The summed E-state index contributed by atoms with van der Waals surface area (Å²) in [4.78, 5) is 11.4. The first-order valence-corrected chi connectivity index (χ1v) is 7.26. The van der Waals surface area contributed by atoms with Crippen LogP contribution in [0.1, 0.15) is 19.3 Å². The molecule has 4 aliphatic carbocycles. The quantitative estimate of drug-likeness (QED) is 0.322. The van der Waals surface area contributed by atoms with Crippen LogP contribution in [0.15, 0.2) is 12.7 Å². The highest BCUT2D eigenvalue weighted by atomic mass is 16.6. The molecule has 3 heteroatoms. The van der Waals surface area contributed by atoms with E-state index in [9.17, 15) is 4.79 Å². The molecule has 1 aliphatic heterocycles. The summed E-state index contributed by atoms with van der Waals surface area (Å²) in [6.07, 6.45) is 6.42. The van der Waals surface area contributed by atoms with Gasteiger partial charge >= 0.3 is 5.97 Å². The van der Waals surface area contributed by atoms with Crippen LogP contribution in [-0.2, 0) is 14.3 Å². The molecule has 0 aromatic carbocycles. The third-order valence-electron chi connectivity index (χ3n) is 6.44. The maximum absolute atomic E-state index is 11.4. The summed E-state index contributed by atoms with van der Waals surface area (Å²) in [5, 5.41) is 0. The van der Waals surface area contributed by atoms with Crippen LogP contribution in [0.5, 0.6) is 0 Å². The first kappa shape index (κ1) is 10.0. The van der Waals surface area contributed by atoms with E-state index in [0.717, 1.165) is 36.0 Å². The number of hydrogen-bond acceptors (Lipinski definition) is 3. The summed E-state index contributed by atoms with van der Waals surface area (Å²) >= 11 is 0. The third-order valence-corrected chi connectivity index (χ3v) is 6.44. The van der Waals surface area contributed by atoms with Gasteiger partial charge in [0, 0.05) is 6.08 Å². The van der Waals surface area contributed by atoms with Gasteiger partial charge in [0.05, 0.1) is 12.2 Å². The minimum atomic E-state index is -0.243. The lowest BCUT2D eigenvalue weighted by Crippen LogP contribution is -2.39. The molecular formula is C15H18O3. The van der Waals surface area contributed by atoms with Crippen molar-refractivity contribution in [3.05, 3.63) is 12.7 Å². The van der Waals surface area contributed by atoms with Crippen molar-refractivity contribution in [2.75, 3.05) is 0 Å². The van der Waals surface area contributed by atoms with Crippen molar-refractivity contribution in [2.24, 2.45) is 35.5 Å². The number of hydrogen-bond donors (Lipinski definition) is 0. The van der Waals surface area contributed by atoms with Gasteiger partial charge in [-0.3, -0.25) is 0 Å². The molecule has 4 bridgehead atoms. The van der Waals surface area contributed by atoms with Crippen molar-refractivity contribution in [1.29, 1.82) is 0 Å². The van der Waals surface area contributed by atoms with Gasteiger partial charge in [-0.1, -0.05) is 6.58 Å². The number of fused-ring (bicyclic) bond motifs is 12. The molecule has 96 valence electrons. The zero-order chi connectivity index (χ0) is 12.0. The number of rotatable bonds is 2. The Hall–Kier alpha value is -0.830. The molecule has 5 aliphatic rings. The standard InChI is InChI=1S/C15H18O3/c1-2-11(16)17-10-4-6-3-7(10)13-9-5-8(12(6)13)14-15(9)18-14/h2,6-10,12-15H,1,3-5H2. The summed E-state index contributed by atoms with van der Waals surface area (Å²) < 4.78 is 11.4. The number of epoxide rings is 1. The van der Waals surface area contributed by atoms with Crippen LogP contribution in [0.25, 0.3) is 0 Å². The average Bonchev–Trinajstić information content (AvgIpc) is 2.75. The minimum absolute atomic E-state index is 0.165. The normalized spacial score (nSPS) is 61.4. The highest BCUT2D eigenvalue weighted by Gasteiger charge is 2.73. The fourth-order valence-corrected chi connectivity index (χ4v) is 6.12. The third kappa shape index (κ3) is 1.00. The first-order valence-electron chi connectivity index (χ1n) is 7.26. The molecule has 0 spiro atoms. The molecule has 1 heterocycles. The minimum Gasteiger partial charge on any atom is -0.459 e. The van der Waals surface area contributed by atoms with E-state index in [1.807, 2.05) is 0 Å². The van der Waals surface area contributed by atoms with Crippen molar-refractivity contribution < 1.29 is 14.3 Å². The van der Waals surface area contributed by atoms with Crippen LogP contribution < -0.4 is 0 Å². The number of esters is 1. The van der Waals surface area contributed by atoms with Gasteiger partial charge in [-0.15, -0.1) is 0 Å². The van der Waals surface area contributed by atoms with E-state index in [1.54, 1.807) is 0 Å². The average molecular weight is 246 g/mol. The van der Waals surface area contributed by atoms with Crippen LogP contribution in [0, 0.1) is 35.5 Å². The molecule has 0 radical (unpaired) electrons. The van der Waals surface area contributed by atoms with Gasteiger partial charge in [0.15, 0.2) is 0 Å². The van der Waals surface area contributed by atoms with E-state index < -0.39 is 0 Å². The molecule has 18 heavy (non-hydrogen) atoms. The Morgan fingerprint density at radius 3 is 2.67 bits per heavy atom.